The summed E-state index contributed by atoms with van der Waals surface area (Å²) in [5.41, 5.74) is 7.70. The number of nitrogen functional groups attached to an aromatic ring is 1. The Labute approximate surface area is 88.8 Å². The average Bonchev–Trinajstić information content (AvgIpc) is 2.68. The van der Waals surface area contributed by atoms with Gasteiger partial charge in [-0.3, -0.25) is 0 Å². The van der Waals surface area contributed by atoms with Crippen molar-refractivity contribution in [1.82, 2.24) is 0 Å². The molecule has 1 aliphatic rings. The predicted octanol–water partition coefficient (Wildman–Crippen LogP) is 2.60. The van der Waals surface area contributed by atoms with E-state index in [2.05, 4.69) is 19.1 Å². The van der Waals surface area contributed by atoms with E-state index in [1.54, 1.807) is 0 Å². The van der Waals surface area contributed by atoms with Gasteiger partial charge in [-0.05, 0) is 24.1 Å². The monoisotopic (exact) mass is 209 g/mol. The highest BCUT2D eigenvalue weighted by Crippen LogP contribution is 2.44. The van der Waals surface area contributed by atoms with Crippen LogP contribution in [0.25, 0.3) is 0 Å². The van der Waals surface area contributed by atoms with Crippen molar-refractivity contribution < 1.29 is 4.74 Å². The summed E-state index contributed by atoms with van der Waals surface area (Å²) in [5, 5.41) is 0. The normalized spacial score (nSPS) is 26.6. The summed E-state index contributed by atoms with van der Waals surface area (Å²) in [7, 11) is 0. The maximum absolute atomic E-state index is 5.84. The van der Waals surface area contributed by atoms with Crippen LogP contribution in [-0.4, -0.2) is 12.4 Å². The minimum absolute atomic E-state index is 0.117. The number of rotatable bonds is 2. The van der Waals surface area contributed by atoms with Gasteiger partial charge in [0.15, 0.2) is 0 Å². The Balaban J connectivity index is 2.31. The number of benzene rings is 1. The van der Waals surface area contributed by atoms with Crippen LogP contribution in [0.4, 0.5) is 5.69 Å². The van der Waals surface area contributed by atoms with Gasteiger partial charge in [0.2, 0.25) is 0 Å². The summed E-state index contributed by atoms with van der Waals surface area (Å²) in [5.74, 6) is 1.08. The lowest BCUT2D eigenvalue weighted by molar-refractivity contribution is 0.0465. The Morgan fingerprint density at radius 3 is 2.64 bits per heavy atom. The number of anilines is 1. The SMILES string of the molecule is CCC1(c2ccc(N)cc2)OCCS1. The van der Waals surface area contributed by atoms with E-state index in [1.807, 2.05) is 23.9 Å². The topological polar surface area (TPSA) is 35.2 Å². The van der Waals surface area contributed by atoms with Gasteiger partial charge < -0.3 is 10.5 Å². The molecular weight excluding hydrogens is 194 g/mol. The third-order valence-electron chi connectivity index (χ3n) is 2.57. The summed E-state index contributed by atoms with van der Waals surface area (Å²) in [6, 6.07) is 8.01. The molecule has 1 aliphatic heterocycles. The summed E-state index contributed by atoms with van der Waals surface area (Å²) < 4.78 is 5.84. The fourth-order valence-electron chi connectivity index (χ4n) is 1.77. The third kappa shape index (κ3) is 1.62. The van der Waals surface area contributed by atoms with E-state index in [4.69, 9.17) is 10.5 Å². The molecule has 1 saturated heterocycles. The Morgan fingerprint density at radius 1 is 1.43 bits per heavy atom. The molecule has 1 atom stereocenters. The van der Waals surface area contributed by atoms with Gasteiger partial charge in [0.25, 0.3) is 0 Å². The highest BCUT2D eigenvalue weighted by molar-refractivity contribution is 8.00. The molecule has 1 unspecified atom stereocenters. The van der Waals surface area contributed by atoms with E-state index < -0.39 is 0 Å². The Morgan fingerprint density at radius 2 is 2.14 bits per heavy atom. The lowest BCUT2D eigenvalue weighted by Gasteiger charge is -2.26. The molecule has 0 spiro atoms. The van der Waals surface area contributed by atoms with Gasteiger partial charge in [0.1, 0.15) is 4.93 Å². The molecule has 3 heteroatoms. The second-order valence-electron chi connectivity index (χ2n) is 3.43. The Bertz CT molecular complexity index is 304. The summed E-state index contributed by atoms with van der Waals surface area (Å²) in [6.45, 7) is 3.01. The highest BCUT2D eigenvalue weighted by atomic mass is 32.2. The summed E-state index contributed by atoms with van der Waals surface area (Å²) in [4.78, 5) is -0.117. The van der Waals surface area contributed by atoms with Crippen LogP contribution < -0.4 is 5.73 Å². The van der Waals surface area contributed by atoms with E-state index in [9.17, 15) is 0 Å². The molecule has 1 fully saturated rings. The molecule has 0 aliphatic carbocycles. The van der Waals surface area contributed by atoms with Crippen LogP contribution >= 0.6 is 11.8 Å². The number of nitrogens with two attached hydrogens (primary N) is 1. The van der Waals surface area contributed by atoms with Crippen LogP contribution in [0.5, 0.6) is 0 Å². The zero-order valence-corrected chi connectivity index (χ0v) is 9.14. The maximum Gasteiger partial charge on any atom is 0.139 e. The molecule has 1 aromatic rings. The van der Waals surface area contributed by atoms with Crippen molar-refractivity contribution in [3.05, 3.63) is 29.8 Å². The van der Waals surface area contributed by atoms with Gasteiger partial charge >= 0.3 is 0 Å². The van der Waals surface area contributed by atoms with Crippen LogP contribution in [0.3, 0.4) is 0 Å². The van der Waals surface area contributed by atoms with E-state index in [1.165, 1.54) is 5.56 Å². The first kappa shape index (κ1) is 9.87. The molecule has 0 radical (unpaired) electrons. The first-order chi connectivity index (χ1) is 6.77. The Hall–Kier alpha value is -0.670. The average molecular weight is 209 g/mol. The number of hydrogen-bond acceptors (Lipinski definition) is 3. The third-order valence-corrected chi connectivity index (χ3v) is 4.05. The van der Waals surface area contributed by atoms with Gasteiger partial charge in [0, 0.05) is 11.4 Å². The van der Waals surface area contributed by atoms with E-state index in [-0.39, 0.29) is 4.93 Å². The molecule has 2 nitrogen and oxygen atoms in total. The molecule has 0 bridgehead atoms. The first-order valence-electron chi connectivity index (χ1n) is 4.91. The van der Waals surface area contributed by atoms with Crippen molar-refractivity contribution >= 4 is 17.4 Å². The molecular formula is C11H15NOS. The van der Waals surface area contributed by atoms with E-state index >= 15 is 0 Å². The fraction of sp³-hybridized carbons (Fsp3) is 0.455. The van der Waals surface area contributed by atoms with Crippen molar-refractivity contribution in [3.8, 4) is 0 Å². The lowest BCUT2D eigenvalue weighted by Crippen LogP contribution is -2.19. The maximum atomic E-state index is 5.84. The fourth-order valence-corrected chi connectivity index (χ4v) is 2.94. The molecule has 76 valence electrons. The van der Waals surface area contributed by atoms with Gasteiger partial charge in [-0.15, -0.1) is 11.8 Å². The predicted molar refractivity (Wildman–Crippen MR) is 61.2 cm³/mol. The van der Waals surface area contributed by atoms with Gasteiger partial charge in [-0.1, -0.05) is 19.1 Å². The Kier molecular flexibility index (Phi) is 2.70. The summed E-state index contributed by atoms with van der Waals surface area (Å²) in [6.07, 6.45) is 1.00. The van der Waals surface area contributed by atoms with Crippen LogP contribution in [0.1, 0.15) is 18.9 Å². The van der Waals surface area contributed by atoms with Crippen molar-refractivity contribution in [3.63, 3.8) is 0 Å². The molecule has 1 heterocycles. The number of ether oxygens (including phenoxy) is 1. The first-order valence-corrected chi connectivity index (χ1v) is 5.89. The van der Waals surface area contributed by atoms with Crippen molar-refractivity contribution in [2.75, 3.05) is 18.1 Å². The highest BCUT2D eigenvalue weighted by Gasteiger charge is 2.35. The molecule has 0 aromatic heterocycles. The van der Waals surface area contributed by atoms with E-state index in [0.717, 1.165) is 24.5 Å². The van der Waals surface area contributed by atoms with Gasteiger partial charge in [0.05, 0.1) is 6.61 Å². The summed E-state index contributed by atoms with van der Waals surface area (Å²) >= 11 is 1.89. The van der Waals surface area contributed by atoms with Crippen molar-refractivity contribution in [2.45, 2.75) is 18.3 Å². The van der Waals surface area contributed by atoms with Crippen LogP contribution in [0.2, 0.25) is 0 Å². The standard InChI is InChI=1S/C11H15NOS/c1-2-11(13-7-8-14-11)9-3-5-10(12)6-4-9/h3-6H,2,7-8,12H2,1H3. The van der Waals surface area contributed by atoms with E-state index in [0.29, 0.717) is 0 Å². The second kappa shape index (κ2) is 3.83. The number of thioether (sulfide) groups is 1. The smallest absolute Gasteiger partial charge is 0.139 e. The molecule has 2 N–H and O–H groups in total. The second-order valence-corrected chi connectivity index (χ2v) is 4.78. The zero-order chi connectivity index (χ0) is 10.0. The van der Waals surface area contributed by atoms with Crippen molar-refractivity contribution in [1.29, 1.82) is 0 Å². The molecule has 1 aromatic carbocycles. The quantitative estimate of drug-likeness (QED) is 0.760. The van der Waals surface area contributed by atoms with Crippen LogP contribution in [0.15, 0.2) is 24.3 Å². The van der Waals surface area contributed by atoms with Crippen molar-refractivity contribution in [2.24, 2.45) is 0 Å². The van der Waals surface area contributed by atoms with Crippen LogP contribution in [-0.2, 0) is 9.67 Å². The molecule has 0 saturated carbocycles. The van der Waals surface area contributed by atoms with Gasteiger partial charge in [-0.2, -0.15) is 0 Å². The largest absolute Gasteiger partial charge is 0.399 e. The molecule has 0 amide bonds. The number of hydrogen-bond donors (Lipinski definition) is 1. The molecule has 14 heavy (non-hydrogen) atoms. The minimum atomic E-state index is -0.117. The lowest BCUT2D eigenvalue weighted by atomic mass is 10.1. The minimum Gasteiger partial charge on any atom is -0.399 e. The zero-order valence-electron chi connectivity index (χ0n) is 8.32. The van der Waals surface area contributed by atoms with Crippen LogP contribution in [0, 0.1) is 0 Å². The molecule has 2 rings (SSSR count). The van der Waals surface area contributed by atoms with Gasteiger partial charge in [-0.25, -0.2) is 0 Å².